The first kappa shape index (κ1) is 18.3. The normalized spacial score (nSPS) is 20.4. The Bertz CT molecular complexity index is 542. The molecule has 0 spiro atoms. The predicted molar refractivity (Wildman–Crippen MR) is 96.8 cm³/mol. The fraction of sp³-hybridized carbons (Fsp3) is 0.579. The fourth-order valence-corrected chi connectivity index (χ4v) is 3.31. The molecule has 1 aromatic carbocycles. The first-order chi connectivity index (χ1) is 11.6. The van der Waals surface area contributed by atoms with Crippen molar-refractivity contribution < 1.29 is 9.59 Å². The van der Waals surface area contributed by atoms with Gasteiger partial charge >= 0.3 is 6.03 Å². The van der Waals surface area contributed by atoms with E-state index in [9.17, 15) is 9.59 Å². The summed E-state index contributed by atoms with van der Waals surface area (Å²) in [6.45, 7) is 2.20. The molecular formula is C19H29N3O2. The second-order valence-corrected chi connectivity index (χ2v) is 6.65. The van der Waals surface area contributed by atoms with Crippen LogP contribution in [0.15, 0.2) is 24.3 Å². The molecule has 1 aliphatic rings. The number of aryl methyl sites for hydroxylation is 1. The Balaban J connectivity index is 1.84. The van der Waals surface area contributed by atoms with Crippen molar-refractivity contribution in [1.82, 2.24) is 5.32 Å². The van der Waals surface area contributed by atoms with E-state index in [2.05, 4.69) is 29.7 Å². The predicted octanol–water partition coefficient (Wildman–Crippen LogP) is 3.58. The molecule has 0 aliphatic heterocycles. The minimum absolute atomic E-state index is 0.162. The minimum Gasteiger partial charge on any atom is -0.369 e. The highest BCUT2D eigenvalue weighted by molar-refractivity contribution is 5.90. The Kier molecular flexibility index (Phi) is 7.09. The van der Waals surface area contributed by atoms with Crippen molar-refractivity contribution in [3.63, 3.8) is 0 Å². The zero-order chi connectivity index (χ0) is 17.4. The van der Waals surface area contributed by atoms with Gasteiger partial charge in [0.25, 0.3) is 0 Å². The number of amides is 3. The molecule has 3 amide bonds. The van der Waals surface area contributed by atoms with E-state index in [0.29, 0.717) is 0 Å². The summed E-state index contributed by atoms with van der Waals surface area (Å²) in [6, 6.07) is 7.52. The lowest BCUT2D eigenvalue weighted by atomic mass is 9.84. The molecule has 5 nitrogen and oxygen atoms in total. The van der Waals surface area contributed by atoms with Gasteiger partial charge in [0.15, 0.2) is 0 Å². The molecule has 24 heavy (non-hydrogen) atoms. The SMILES string of the molecule is CCCCCc1ccc(NC(=O)N[C@H]2CCCC[C@@H]2C(N)=O)cc1. The van der Waals surface area contributed by atoms with Gasteiger partial charge in [0, 0.05) is 11.7 Å². The largest absolute Gasteiger partial charge is 0.369 e. The van der Waals surface area contributed by atoms with Crippen molar-refractivity contribution >= 4 is 17.6 Å². The first-order valence-corrected chi connectivity index (χ1v) is 9.06. The second-order valence-electron chi connectivity index (χ2n) is 6.65. The van der Waals surface area contributed by atoms with Crippen LogP contribution < -0.4 is 16.4 Å². The van der Waals surface area contributed by atoms with Crippen molar-refractivity contribution in [3.05, 3.63) is 29.8 Å². The van der Waals surface area contributed by atoms with Crippen LogP contribution in [0.5, 0.6) is 0 Å². The number of anilines is 1. The number of nitrogens with one attached hydrogen (secondary N) is 2. The molecule has 2 rings (SSSR count). The molecule has 0 bridgehead atoms. The Hall–Kier alpha value is -2.04. The summed E-state index contributed by atoms with van der Waals surface area (Å²) in [5.41, 5.74) is 7.49. The summed E-state index contributed by atoms with van der Waals surface area (Å²) >= 11 is 0. The standard InChI is InChI=1S/C19H29N3O2/c1-2-3-4-7-14-10-12-15(13-11-14)21-19(24)22-17-9-6-5-8-16(17)18(20)23/h10-13,16-17H,2-9H2,1H3,(H2,20,23)(H2,21,22,24)/t16-,17-/m0/s1. The van der Waals surface area contributed by atoms with E-state index >= 15 is 0 Å². The summed E-state index contributed by atoms with van der Waals surface area (Å²) in [5.74, 6) is -0.582. The highest BCUT2D eigenvalue weighted by Gasteiger charge is 2.30. The Morgan fingerprint density at radius 3 is 2.50 bits per heavy atom. The molecule has 0 aromatic heterocycles. The fourth-order valence-electron chi connectivity index (χ4n) is 3.31. The van der Waals surface area contributed by atoms with Gasteiger partial charge in [0.05, 0.1) is 5.92 Å². The van der Waals surface area contributed by atoms with Crippen LogP contribution in [-0.4, -0.2) is 18.0 Å². The summed E-state index contributed by atoms with van der Waals surface area (Å²) in [7, 11) is 0. The Morgan fingerprint density at radius 2 is 1.83 bits per heavy atom. The number of primary amides is 1. The van der Waals surface area contributed by atoms with Crippen LogP contribution >= 0.6 is 0 Å². The van der Waals surface area contributed by atoms with E-state index in [4.69, 9.17) is 5.73 Å². The number of unbranched alkanes of at least 4 members (excludes halogenated alkanes) is 2. The number of urea groups is 1. The lowest BCUT2D eigenvalue weighted by Gasteiger charge is -2.29. The molecule has 1 saturated carbocycles. The lowest BCUT2D eigenvalue weighted by molar-refractivity contribution is -0.123. The minimum atomic E-state index is -0.323. The molecule has 1 fully saturated rings. The molecule has 0 unspecified atom stereocenters. The third-order valence-corrected chi connectivity index (χ3v) is 4.73. The number of hydrogen-bond acceptors (Lipinski definition) is 2. The van der Waals surface area contributed by atoms with Gasteiger partial charge in [-0.2, -0.15) is 0 Å². The number of hydrogen-bond donors (Lipinski definition) is 3. The maximum Gasteiger partial charge on any atom is 0.319 e. The van der Waals surface area contributed by atoms with Crippen molar-refractivity contribution in [2.75, 3.05) is 5.32 Å². The number of nitrogens with two attached hydrogens (primary N) is 1. The maximum atomic E-state index is 12.2. The molecule has 0 radical (unpaired) electrons. The van der Waals surface area contributed by atoms with Crippen LogP contribution in [0.25, 0.3) is 0 Å². The van der Waals surface area contributed by atoms with Crippen LogP contribution in [0.1, 0.15) is 57.4 Å². The van der Waals surface area contributed by atoms with Gasteiger partial charge in [-0.05, 0) is 43.4 Å². The van der Waals surface area contributed by atoms with Gasteiger partial charge in [-0.1, -0.05) is 44.7 Å². The Morgan fingerprint density at radius 1 is 1.12 bits per heavy atom. The highest BCUT2D eigenvalue weighted by Crippen LogP contribution is 2.24. The number of rotatable bonds is 7. The van der Waals surface area contributed by atoms with E-state index in [1.165, 1.54) is 24.8 Å². The van der Waals surface area contributed by atoms with Gasteiger partial charge < -0.3 is 16.4 Å². The molecular weight excluding hydrogens is 302 g/mol. The molecule has 4 N–H and O–H groups in total. The second kappa shape index (κ2) is 9.30. The third-order valence-electron chi connectivity index (χ3n) is 4.73. The third kappa shape index (κ3) is 5.55. The zero-order valence-corrected chi connectivity index (χ0v) is 14.5. The van der Waals surface area contributed by atoms with Crippen LogP contribution in [0, 0.1) is 5.92 Å². The first-order valence-electron chi connectivity index (χ1n) is 9.06. The molecule has 1 aromatic rings. The summed E-state index contributed by atoms with van der Waals surface area (Å²) < 4.78 is 0. The maximum absolute atomic E-state index is 12.2. The van der Waals surface area contributed by atoms with Gasteiger partial charge in [-0.3, -0.25) is 4.79 Å². The van der Waals surface area contributed by atoms with E-state index < -0.39 is 0 Å². The Labute approximate surface area is 144 Å². The molecule has 0 saturated heterocycles. The van der Waals surface area contributed by atoms with Crippen molar-refractivity contribution in [1.29, 1.82) is 0 Å². The quantitative estimate of drug-likeness (QED) is 0.667. The number of carbonyl (C=O) groups excluding carboxylic acids is 2. The molecule has 132 valence electrons. The molecule has 5 heteroatoms. The number of carbonyl (C=O) groups is 2. The van der Waals surface area contributed by atoms with E-state index in [-0.39, 0.29) is 23.9 Å². The van der Waals surface area contributed by atoms with Gasteiger partial charge in [0.1, 0.15) is 0 Å². The van der Waals surface area contributed by atoms with Gasteiger partial charge in [-0.15, -0.1) is 0 Å². The van der Waals surface area contributed by atoms with Crippen molar-refractivity contribution in [2.45, 2.75) is 64.3 Å². The average Bonchev–Trinajstić information content (AvgIpc) is 2.57. The average molecular weight is 331 g/mol. The molecule has 1 aliphatic carbocycles. The lowest BCUT2D eigenvalue weighted by Crippen LogP contribution is -2.48. The smallest absolute Gasteiger partial charge is 0.319 e. The monoisotopic (exact) mass is 331 g/mol. The zero-order valence-electron chi connectivity index (χ0n) is 14.5. The summed E-state index contributed by atoms with van der Waals surface area (Å²) in [6.07, 6.45) is 8.29. The van der Waals surface area contributed by atoms with E-state index in [1.807, 2.05) is 12.1 Å². The van der Waals surface area contributed by atoms with Crippen LogP contribution in [0.3, 0.4) is 0 Å². The van der Waals surface area contributed by atoms with Crippen LogP contribution in [0.2, 0.25) is 0 Å². The summed E-state index contributed by atoms with van der Waals surface area (Å²) in [4.78, 5) is 23.7. The highest BCUT2D eigenvalue weighted by atomic mass is 16.2. The molecule has 2 atom stereocenters. The molecule has 0 heterocycles. The summed E-state index contributed by atoms with van der Waals surface area (Å²) in [5, 5.41) is 5.75. The van der Waals surface area contributed by atoms with Crippen LogP contribution in [-0.2, 0) is 11.2 Å². The van der Waals surface area contributed by atoms with E-state index in [0.717, 1.165) is 37.8 Å². The van der Waals surface area contributed by atoms with Gasteiger partial charge in [0.2, 0.25) is 5.91 Å². The van der Waals surface area contributed by atoms with Crippen LogP contribution in [0.4, 0.5) is 10.5 Å². The van der Waals surface area contributed by atoms with Crippen molar-refractivity contribution in [2.24, 2.45) is 11.7 Å². The number of benzene rings is 1. The topological polar surface area (TPSA) is 84.2 Å². The van der Waals surface area contributed by atoms with Crippen molar-refractivity contribution in [3.8, 4) is 0 Å². The van der Waals surface area contributed by atoms with Gasteiger partial charge in [-0.25, -0.2) is 4.79 Å². The van der Waals surface area contributed by atoms with E-state index in [1.54, 1.807) is 0 Å².